The van der Waals surface area contributed by atoms with E-state index < -0.39 is 0 Å². The highest BCUT2D eigenvalue weighted by Crippen LogP contribution is 2.29. The standard InChI is InChI=1S/C9H18N.BrH/c1-9-4-7-10(8-9)5-2-3-6-10;/h9H,2-8H2,1H3;1H/q+1;/p-1. The SMILES string of the molecule is CC1CC[N+]2(CCCC2)C1.[Br-]. The quantitative estimate of drug-likeness (QED) is 0.442. The van der Waals surface area contributed by atoms with Gasteiger partial charge < -0.3 is 21.5 Å². The third-order valence-corrected chi connectivity index (χ3v) is 3.31. The third-order valence-electron chi connectivity index (χ3n) is 3.31. The lowest BCUT2D eigenvalue weighted by atomic mass is 10.2. The van der Waals surface area contributed by atoms with Crippen LogP contribution < -0.4 is 17.0 Å². The molecule has 2 heteroatoms. The van der Waals surface area contributed by atoms with Crippen LogP contribution in [0.2, 0.25) is 0 Å². The van der Waals surface area contributed by atoms with Crippen molar-refractivity contribution in [3.05, 3.63) is 0 Å². The molecule has 1 nitrogen and oxygen atoms in total. The summed E-state index contributed by atoms with van der Waals surface area (Å²) in [6, 6.07) is 0. The van der Waals surface area contributed by atoms with Crippen LogP contribution in [0, 0.1) is 5.92 Å². The maximum atomic E-state index is 2.41. The van der Waals surface area contributed by atoms with E-state index in [0.29, 0.717) is 0 Å². The molecular weight excluding hydrogens is 202 g/mol. The van der Waals surface area contributed by atoms with Crippen LogP contribution in [0.4, 0.5) is 0 Å². The summed E-state index contributed by atoms with van der Waals surface area (Å²) in [7, 11) is 0. The van der Waals surface area contributed by atoms with Gasteiger partial charge in [0.2, 0.25) is 0 Å². The van der Waals surface area contributed by atoms with Crippen molar-refractivity contribution in [3.63, 3.8) is 0 Å². The fraction of sp³-hybridized carbons (Fsp3) is 1.00. The van der Waals surface area contributed by atoms with E-state index in [0.717, 1.165) is 5.92 Å². The van der Waals surface area contributed by atoms with E-state index in [9.17, 15) is 0 Å². The Morgan fingerprint density at radius 2 is 1.73 bits per heavy atom. The van der Waals surface area contributed by atoms with Crippen molar-refractivity contribution in [1.82, 2.24) is 0 Å². The molecule has 2 heterocycles. The second-order valence-corrected chi connectivity index (χ2v) is 4.30. The van der Waals surface area contributed by atoms with E-state index in [1.54, 1.807) is 0 Å². The number of hydrogen-bond acceptors (Lipinski definition) is 0. The first-order valence-corrected chi connectivity index (χ1v) is 4.66. The average molecular weight is 220 g/mol. The largest absolute Gasteiger partial charge is 1.00 e. The Morgan fingerprint density at radius 1 is 1.09 bits per heavy atom. The average Bonchev–Trinajstić information content (AvgIpc) is 2.46. The summed E-state index contributed by atoms with van der Waals surface area (Å²) in [5, 5.41) is 0. The fourth-order valence-electron chi connectivity index (χ4n) is 2.75. The van der Waals surface area contributed by atoms with Crippen LogP contribution in [-0.4, -0.2) is 30.7 Å². The Hall–Kier alpha value is 0.440. The van der Waals surface area contributed by atoms with Gasteiger partial charge in [-0.15, -0.1) is 0 Å². The fourth-order valence-corrected chi connectivity index (χ4v) is 2.75. The van der Waals surface area contributed by atoms with E-state index in [-0.39, 0.29) is 17.0 Å². The topological polar surface area (TPSA) is 0 Å². The first kappa shape index (κ1) is 9.53. The minimum absolute atomic E-state index is 0. The van der Waals surface area contributed by atoms with Gasteiger partial charge in [0.1, 0.15) is 0 Å². The highest BCUT2D eigenvalue weighted by Gasteiger charge is 2.38. The van der Waals surface area contributed by atoms with Gasteiger partial charge in [-0.2, -0.15) is 0 Å². The van der Waals surface area contributed by atoms with Gasteiger partial charge in [-0.3, -0.25) is 0 Å². The van der Waals surface area contributed by atoms with E-state index in [4.69, 9.17) is 0 Å². The molecule has 2 aliphatic heterocycles. The van der Waals surface area contributed by atoms with E-state index >= 15 is 0 Å². The molecule has 0 radical (unpaired) electrons. The molecule has 1 spiro atoms. The van der Waals surface area contributed by atoms with Crippen molar-refractivity contribution >= 4 is 0 Å². The lowest BCUT2D eigenvalue weighted by Gasteiger charge is -2.28. The van der Waals surface area contributed by atoms with Crippen LogP contribution in [-0.2, 0) is 0 Å². The predicted molar refractivity (Wildman–Crippen MR) is 42.7 cm³/mol. The van der Waals surface area contributed by atoms with Crippen molar-refractivity contribution in [2.45, 2.75) is 26.2 Å². The van der Waals surface area contributed by atoms with Crippen LogP contribution in [0.1, 0.15) is 26.2 Å². The molecule has 66 valence electrons. The number of hydrogen-bond donors (Lipinski definition) is 0. The molecule has 0 N–H and O–H groups in total. The van der Waals surface area contributed by atoms with E-state index in [1.807, 2.05) is 0 Å². The lowest BCUT2D eigenvalue weighted by Crippen LogP contribution is -3.00. The summed E-state index contributed by atoms with van der Waals surface area (Å²) in [6.07, 6.45) is 4.47. The van der Waals surface area contributed by atoms with Crippen LogP contribution in [0.5, 0.6) is 0 Å². The maximum absolute atomic E-state index is 2.41. The van der Waals surface area contributed by atoms with Crippen LogP contribution in [0.15, 0.2) is 0 Å². The summed E-state index contributed by atoms with van der Waals surface area (Å²) in [5.41, 5.74) is 0. The number of nitrogens with zero attached hydrogens (tertiary/aromatic N) is 1. The smallest absolute Gasteiger partial charge is 0.0814 e. The Morgan fingerprint density at radius 3 is 2.18 bits per heavy atom. The summed E-state index contributed by atoms with van der Waals surface area (Å²) >= 11 is 0. The Balaban J connectivity index is 0.000000605. The summed E-state index contributed by atoms with van der Waals surface area (Å²) in [6.45, 7) is 8.36. The van der Waals surface area contributed by atoms with Crippen molar-refractivity contribution < 1.29 is 21.5 Å². The molecular formula is C9H18BrN. The van der Waals surface area contributed by atoms with Gasteiger partial charge in [-0.1, -0.05) is 6.92 Å². The zero-order chi connectivity index (χ0) is 7.03. The molecule has 0 saturated carbocycles. The molecule has 2 rings (SSSR count). The number of halogens is 1. The van der Waals surface area contributed by atoms with Crippen molar-refractivity contribution in [3.8, 4) is 0 Å². The van der Waals surface area contributed by atoms with Gasteiger partial charge in [-0.25, -0.2) is 0 Å². The predicted octanol–water partition coefficient (Wildman–Crippen LogP) is -1.36. The third kappa shape index (κ3) is 1.78. The highest BCUT2D eigenvalue weighted by atomic mass is 79.9. The molecule has 1 unspecified atom stereocenters. The van der Waals surface area contributed by atoms with Gasteiger partial charge in [-0.05, 0) is 0 Å². The molecule has 2 fully saturated rings. The first-order chi connectivity index (χ1) is 4.81. The lowest BCUT2D eigenvalue weighted by molar-refractivity contribution is -0.906. The van der Waals surface area contributed by atoms with Crippen LogP contribution in [0.25, 0.3) is 0 Å². The zero-order valence-electron chi connectivity index (χ0n) is 7.35. The minimum atomic E-state index is 0. The number of quaternary nitrogens is 1. The molecule has 2 saturated heterocycles. The number of rotatable bonds is 0. The summed E-state index contributed by atoms with van der Waals surface area (Å²) in [5.74, 6) is 1.01. The van der Waals surface area contributed by atoms with Crippen LogP contribution in [0.3, 0.4) is 0 Å². The molecule has 0 bridgehead atoms. The highest BCUT2D eigenvalue weighted by molar-refractivity contribution is 4.66. The van der Waals surface area contributed by atoms with Crippen molar-refractivity contribution in [1.29, 1.82) is 0 Å². The second kappa shape index (κ2) is 3.44. The van der Waals surface area contributed by atoms with E-state index in [1.165, 1.54) is 49.9 Å². The van der Waals surface area contributed by atoms with Gasteiger partial charge in [0.25, 0.3) is 0 Å². The monoisotopic (exact) mass is 219 g/mol. The minimum Gasteiger partial charge on any atom is -1.00 e. The van der Waals surface area contributed by atoms with Crippen molar-refractivity contribution in [2.75, 3.05) is 26.2 Å². The van der Waals surface area contributed by atoms with Gasteiger partial charge in [0.05, 0.1) is 26.2 Å². The van der Waals surface area contributed by atoms with Gasteiger partial charge in [0.15, 0.2) is 0 Å². The second-order valence-electron chi connectivity index (χ2n) is 4.30. The summed E-state index contributed by atoms with van der Waals surface area (Å²) in [4.78, 5) is 0. The van der Waals surface area contributed by atoms with E-state index in [2.05, 4.69) is 6.92 Å². The summed E-state index contributed by atoms with van der Waals surface area (Å²) < 4.78 is 1.49. The molecule has 0 aromatic carbocycles. The Bertz CT molecular complexity index is 130. The molecule has 0 aromatic rings. The first-order valence-electron chi connectivity index (χ1n) is 4.66. The molecule has 0 aliphatic carbocycles. The Kier molecular flexibility index (Phi) is 2.98. The van der Waals surface area contributed by atoms with Crippen LogP contribution >= 0.6 is 0 Å². The molecule has 1 atom stereocenters. The molecule has 0 aromatic heterocycles. The van der Waals surface area contributed by atoms with Crippen molar-refractivity contribution in [2.24, 2.45) is 5.92 Å². The van der Waals surface area contributed by atoms with Gasteiger partial charge >= 0.3 is 0 Å². The normalized spacial score (nSPS) is 34.1. The molecule has 11 heavy (non-hydrogen) atoms. The molecule has 0 amide bonds. The van der Waals surface area contributed by atoms with Gasteiger partial charge in [0, 0.05) is 25.2 Å². The Labute approximate surface area is 80.1 Å². The molecule has 2 aliphatic rings. The maximum Gasteiger partial charge on any atom is 0.0814 e. The zero-order valence-corrected chi connectivity index (χ0v) is 8.94.